The van der Waals surface area contributed by atoms with Gasteiger partial charge in [0.1, 0.15) is 0 Å². The number of carbonyl (C=O) groups is 1. The molecule has 0 aliphatic heterocycles. The molecule has 0 spiro atoms. The molecular weight excluding hydrogens is 182 g/mol. The average Bonchev–Trinajstić information content (AvgIpc) is 2.45. The van der Waals surface area contributed by atoms with E-state index in [4.69, 9.17) is 5.73 Å². The molecule has 1 saturated carbocycles. The van der Waals surface area contributed by atoms with E-state index >= 15 is 0 Å². The molecule has 1 aliphatic rings. The van der Waals surface area contributed by atoms with Gasteiger partial charge in [-0.3, -0.25) is 9.48 Å². The highest BCUT2D eigenvalue weighted by atomic mass is 16.4. The number of nitrogens with two attached hydrogens (primary N) is 1. The molecule has 0 atom stereocenters. The van der Waals surface area contributed by atoms with Gasteiger partial charge in [0.25, 0.3) is 0 Å². The highest BCUT2D eigenvalue weighted by Crippen LogP contribution is 2.42. The van der Waals surface area contributed by atoms with Crippen molar-refractivity contribution in [2.75, 3.05) is 0 Å². The first-order chi connectivity index (χ1) is 6.54. The molecule has 1 aromatic rings. The van der Waals surface area contributed by atoms with Crippen LogP contribution in [0.2, 0.25) is 0 Å². The number of aromatic nitrogens is 2. The van der Waals surface area contributed by atoms with E-state index in [1.54, 1.807) is 24.1 Å². The lowest BCUT2D eigenvalue weighted by atomic mass is 9.62. The van der Waals surface area contributed by atoms with Crippen LogP contribution in [-0.2, 0) is 17.3 Å². The molecule has 1 heterocycles. The van der Waals surface area contributed by atoms with Crippen molar-refractivity contribution in [2.24, 2.45) is 12.8 Å². The summed E-state index contributed by atoms with van der Waals surface area (Å²) in [6.07, 6.45) is 4.38. The number of rotatable bonds is 2. The molecule has 76 valence electrons. The maximum Gasteiger partial charge on any atom is 0.314 e. The molecule has 3 N–H and O–H groups in total. The molecule has 5 heteroatoms. The molecule has 1 aliphatic carbocycles. The van der Waals surface area contributed by atoms with Gasteiger partial charge in [0.15, 0.2) is 0 Å². The summed E-state index contributed by atoms with van der Waals surface area (Å²) in [5.41, 5.74) is 5.62. The van der Waals surface area contributed by atoms with Crippen LogP contribution in [0.15, 0.2) is 12.4 Å². The molecule has 1 aromatic heterocycles. The predicted octanol–water partition coefficient (Wildman–Crippen LogP) is -0.136. The zero-order valence-corrected chi connectivity index (χ0v) is 7.97. The Hall–Kier alpha value is -1.36. The zero-order valence-electron chi connectivity index (χ0n) is 7.97. The molecule has 14 heavy (non-hydrogen) atoms. The number of hydrogen-bond donors (Lipinski definition) is 2. The van der Waals surface area contributed by atoms with Gasteiger partial charge in [-0.15, -0.1) is 0 Å². The van der Waals surface area contributed by atoms with Crippen LogP contribution in [0.3, 0.4) is 0 Å². The first-order valence-corrected chi connectivity index (χ1v) is 4.53. The second-order valence-electron chi connectivity index (χ2n) is 3.96. The Kier molecular flexibility index (Phi) is 1.85. The lowest BCUT2D eigenvalue weighted by molar-refractivity contribution is -0.148. The quantitative estimate of drug-likeness (QED) is 0.688. The Morgan fingerprint density at radius 1 is 1.79 bits per heavy atom. The zero-order chi connectivity index (χ0) is 10.3. The minimum absolute atomic E-state index is 0.00584. The van der Waals surface area contributed by atoms with E-state index < -0.39 is 11.4 Å². The lowest BCUT2D eigenvalue weighted by Gasteiger charge is -2.41. The molecule has 1 fully saturated rings. The van der Waals surface area contributed by atoms with Crippen molar-refractivity contribution >= 4 is 5.97 Å². The van der Waals surface area contributed by atoms with Crippen LogP contribution >= 0.6 is 0 Å². The van der Waals surface area contributed by atoms with E-state index in [1.807, 2.05) is 0 Å². The number of carboxylic acids is 1. The van der Waals surface area contributed by atoms with Gasteiger partial charge in [0, 0.05) is 24.8 Å². The number of aryl methyl sites for hydroxylation is 1. The Bertz CT molecular complexity index is 366. The van der Waals surface area contributed by atoms with Crippen molar-refractivity contribution in [3.05, 3.63) is 18.0 Å². The van der Waals surface area contributed by atoms with Crippen LogP contribution in [0.1, 0.15) is 18.4 Å². The highest BCUT2D eigenvalue weighted by Gasteiger charge is 2.51. The number of hydrogen-bond acceptors (Lipinski definition) is 3. The number of nitrogens with zero attached hydrogens (tertiary/aromatic N) is 2. The smallest absolute Gasteiger partial charge is 0.314 e. The molecule has 0 amide bonds. The first kappa shape index (κ1) is 9.21. The SMILES string of the molecule is Cn1cc(C2(C(=O)O)CC(N)C2)cn1. The summed E-state index contributed by atoms with van der Waals surface area (Å²) < 4.78 is 1.61. The van der Waals surface area contributed by atoms with Gasteiger partial charge in [-0.25, -0.2) is 0 Å². The molecule has 5 nitrogen and oxygen atoms in total. The van der Waals surface area contributed by atoms with Crippen LogP contribution in [0, 0.1) is 0 Å². The number of carboxylic acid groups (broad SMARTS) is 1. The standard InChI is InChI=1S/C9H13N3O2/c1-12-5-6(4-11-12)9(8(13)14)2-7(10)3-9/h4-5,7H,2-3,10H2,1H3,(H,13,14). The predicted molar refractivity (Wildman–Crippen MR) is 49.7 cm³/mol. The third kappa shape index (κ3) is 1.13. The van der Waals surface area contributed by atoms with E-state index in [0.717, 1.165) is 5.56 Å². The largest absolute Gasteiger partial charge is 0.481 e. The fourth-order valence-electron chi connectivity index (χ4n) is 2.04. The normalized spacial score (nSPS) is 31.1. The van der Waals surface area contributed by atoms with Crippen molar-refractivity contribution in [1.29, 1.82) is 0 Å². The molecule has 0 aromatic carbocycles. The summed E-state index contributed by atoms with van der Waals surface area (Å²) in [4.78, 5) is 11.2. The second-order valence-corrected chi connectivity index (χ2v) is 3.96. The summed E-state index contributed by atoms with van der Waals surface area (Å²) in [6.45, 7) is 0. The van der Waals surface area contributed by atoms with E-state index in [-0.39, 0.29) is 6.04 Å². The average molecular weight is 195 g/mol. The first-order valence-electron chi connectivity index (χ1n) is 4.53. The van der Waals surface area contributed by atoms with Gasteiger partial charge in [0.2, 0.25) is 0 Å². The summed E-state index contributed by atoms with van der Waals surface area (Å²) >= 11 is 0. The van der Waals surface area contributed by atoms with E-state index in [9.17, 15) is 9.90 Å². The van der Waals surface area contributed by atoms with Crippen LogP contribution in [0.4, 0.5) is 0 Å². The second kappa shape index (κ2) is 2.81. The molecule has 0 unspecified atom stereocenters. The van der Waals surface area contributed by atoms with Crippen molar-refractivity contribution in [3.63, 3.8) is 0 Å². The van der Waals surface area contributed by atoms with Crippen molar-refractivity contribution < 1.29 is 9.90 Å². The fourth-order valence-corrected chi connectivity index (χ4v) is 2.04. The summed E-state index contributed by atoms with van der Waals surface area (Å²) in [6, 6.07) is 0.00584. The molecule has 2 rings (SSSR count). The van der Waals surface area contributed by atoms with E-state index in [1.165, 1.54) is 0 Å². The maximum absolute atomic E-state index is 11.2. The van der Waals surface area contributed by atoms with Crippen LogP contribution in [0.25, 0.3) is 0 Å². The fraction of sp³-hybridized carbons (Fsp3) is 0.556. The van der Waals surface area contributed by atoms with Crippen molar-refractivity contribution in [1.82, 2.24) is 9.78 Å². The topological polar surface area (TPSA) is 81.1 Å². The summed E-state index contributed by atoms with van der Waals surface area (Å²) in [5.74, 6) is -0.799. The Morgan fingerprint density at radius 3 is 2.79 bits per heavy atom. The van der Waals surface area contributed by atoms with Gasteiger partial charge in [-0.1, -0.05) is 0 Å². The Balaban J connectivity index is 2.34. The summed E-state index contributed by atoms with van der Waals surface area (Å²) in [5, 5.41) is 13.2. The van der Waals surface area contributed by atoms with Gasteiger partial charge in [-0.2, -0.15) is 5.10 Å². The van der Waals surface area contributed by atoms with Crippen molar-refractivity contribution in [2.45, 2.75) is 24.3 Å². The minimum Gasteiger partial charge on any atom is -0.481 e. The Morgan fingerprint density at radius 2 is 2.43 bits per heavy atom. The Labute approximate surface area is 81.5 Å². The van der Waals surface area contributed by atoms with Crippen LogP contribution < -0.4 is 5.73 Å². The minimum atomic E-state index is -0.799. The van der Waals surface area contributed by atoms with Crippen LogP contribution in [-0.4, -0.2) is 26.9 Å². The molecule has 0 bridgehead atoms. The molecular formula is C9H13N3O2. The van der Waals surface area contributed by atoms with Crippen LogP contribution in [0.5, 0.6) is 0 Å². The van der Waals surface area contributed by atoms with Gasteiger partial charge in [-0.05, 0) is 12.8 Å². The lowest BCUT2D eigenvalue weighted by Crippen LogP contribution is -2.54. The maximum atomic E-state index is 11.2. The van der Waals surface area contributed by atoms with Crippen molar-refractivity contribution in [3.8, 4) is 0 Å². The third-order valence-corrected chi connectivity index (χ3v) is 2.89. The monoisotopic (exact) mass is 195 g/mol. The molecule has 0 saturated heterocycles. The van der Waals surface area contributed by atoms with Gasteiger partial charge >= 0.3 is 5.97 Å². The van der Waals surface area contributed by atoms with Gasteiger partial charge in [0.05, 0.1) is 11.6 Å². The molecule has 0 radical (unpaired) electrons. The summed E-state index contributed by atoms with van der Waals surface area (Å²) in [7, 11) is 1.78. The number of aliphatic carboxylic acids is 1. The highest BCUT2D eigenvalue weighted by molar-refractivity contribution is 5.82. The van der Waals surface area contributed by atoms with E-state index in [2.05, 4.69) is 5.10 Å². The van der Waals surface area contributed by atoms with E-state index in [0.29, 0.717) is 12.8 Å². The third-order valence-electron chi connectivity index (χ3n) is 2.89. The van der Waals surface area contributed by atoms with Gasteiger partial charge < -0.3 is 10.8 Å².